The first-order valence-electron chi connectivity index (χ1n) is 7.66. The summed E-state index contributed by atoms with van der Waals surface area (Å²) in [5.41, 5.74) is -0.535. The lowest BCUT2D eigenvalue weighted by atomic mass is 9.92. The van der Waals surface area contributed by atoms with E-state index in [1.807, 2.05) is 25.7 Å². The van der Waals surface area contributed by atoms with Crippen molar-refractivity contribution in [3.05, 3.63) is 0 Å². The number of amides is 1. The summed E-state index contributed by atoms with van der Waals surface area (Å²) >= 11 is 0. The van der Waals surface area contributed by atoms with Crippen LogP contribution in [0.4, 0.5) is 4.79 Å². The minimum atomic E-state index is -0.432. The highest BCUT2D eigenvalue weighted by atomic mass is 16.6. The monoisotopic (exact) mass is 284 g/mol. The van der Waals surface area contributed by atoms with Crippen molar-refractivity contribution in [1.29, 1.82) is 0 Å². The molecule has 2 saturated heterocycles. The van der Waals surface area contributed by atoms with Gasteiger partial charge in [0.1, 0.15) is 5.60 Å². The van der Waals surface area contributed by atoms with Crippen LogP contribution >= 0.6 is 0 Å². The van der Waals surface area contributed by atoms with Crippen molar-refractivity contribution in [3.8, 4) is 0 Å². The van der Waals surface area contributed by atoms with E-state index in [0.717, 1.165) is 38.9 Å². The number of likely N-dealkylation sites (tertiary alicyclic amines) is 1. The number of hydrogen-bond acceptors (Lipinski definition) is 4. The lowest BCUT2D eigenvalue weighted by Crippen LogP contribution is -2.53. The summed E-state index contributed by atoms with van der Waals surface area (Å²) in [5, 5.41) is 3.45. The van der Waals surface area contributed by atoms with E-state index in [4.69, 9.17) is 9.47 Å². The molecule has 2 aliphatic heterocycles. The van der Waals surface area contributed by atoms with Crippen LogP contribution in [0.2, 0.25) is 0 Å². The second kappa shape index (κ2) is 5.90. The third kappa shape index (κ3) is 4.09. The highest BCUT2D eigenvalue weighted by Gasteiger charge is 2.38. The summed E-state index contributed by atoms with van der Waals surface area (Å²) in [7, 11) is 0. The fourth-order valence-corrected chi connectivity index (χ4v) is 2.98. The van der Waals surface area contributed by atoms with E-state index in [1.165, 1.54) is 0 Å². The van der Waals surface area contributed by atoms with Crippen LogP contribution in [0.15, 0.2) is 0 Å². The average molecular weight is 284 g/mol. The van der Waals surface area contributed by atoms with Crippen molar-refractivity contribution < 1.29 is 14.3 Å². The fraction of sp³-hybridized carbons (Fsp3) is 0.933. The van der Waals surface area contributed by atoms with Crippen LogP contribution in [0, 0.1) is 0 Å². The summed E-state index contributed by atoms with van der Waals surface area (Å²) in [6.07, 6.45) is 2.89. The van der Waals surface area contributed by atoms with Crippen LogP contribution in [0.1, 0.15) is 47.0 Å². The second-order valence-corrected chi connectivity index (χ2v) is 7.06. The number of morpholine rings is 1. The van der Waals surface area contributed by atoms with Gasteiger partial charge in [-0.1, -0.05) is 0 Å². The van der Waals surface area contributed by atoms with E-state index in [1.54, 1.807) is 0 Å². The molecule has 2 rings (SSSR count). The standard InChI is InChI=1S/C15H28N2O3/c1-12-10-16-11-15(19-12)6-5-8-17(9-7-15)13(18)20-14(2,3)4/h12,16H,5-11H2,1-4H3/t12-,15-/m1/s1. The zero-order chi connectivity index (χ0) is 14.8. The zero-order valence-corrected chi connectivity index (χ0v) is 13.2. The highest BCUT2D eigenvalue weighted by molar-refractivity contribution is 5.68. The van der Waals surface area contributed by atoms with Crippen molar-refractivity contribution >= 4 is 6.09 Å². The Hall–Kier alpha value is -0.810. The van der Waals surface area contributed by atoms with Gasteiger partial charge >= 0.3 is 6.09 Å². The molecule has 2 fully saturated rings. The third-order valence-corrected chi connectivity index (χ3v) is 3.88. The van der Waals surface area contributed by atoms with Crippen LogP contribution in [0.25, 0.3) is 0 Å². The smallest absolute Gasteiger partial charge is 0.410 e. The van der Waals surface area contributed by atoms with Gasteiger partial charge in [0.25, 0.3) is 0 Å². The van der Waals surface area contributed by atoms with Crippen LogP contribution in [-0.2, 0) is 9.47 Å². The first kappa shape index (κ1) is 15.6. The summed E-state index contributed by atoms with van der Waals surface area (Å²) in [6, 6.07) is 0. The Morgan fingerprint density at radius 2 is 2.10 bits per heavy atom. The molecule has 5 nitrogen and oxygen atoms in total. The number of carbonyl (C=O) groups excluding carboxylic acids is 1. The third-order valence-electron chi connectivity index (χ3n) is 3.88. The Morgan fingerprint density at radius 1 is 1.35 bits per heavy atom. The number of hydrogen-bond donors (Lipinski definition) is 1. The molecule has 0 aromatic rings. The van der Waals surface area contributed by atoms with E-state index in [2.05, 4.69) is 12.2 Å². The van der Waals surface area contributed by atoms with Crippen molar-refractivity contribution in [3.63, 3.8) is 0 Å². The van der Waals surface area contributed by atoms with Crippen molar-refractivity contribution in [2.75, 3.05) is 26.2 Å². The Balaban J connectivity index is 1.93. The van der Waals surface area contributed by atoms with Gasteiger partial charge in [-0.3, -0.25) is 0 Å². The molecule has 2 aliphatic rings. The number of nitrogens with one attached hydrogen (secondary N) is 1. The van der Waals surface area contributed by atoms with Crippen LogP contribution in [0.5, 0.6) is 0 Å². The molecule has 0 radical (unpaired) electrons. The maximum Gasteiger partial charge on any atom is 0.410 e. The number of rotatable bonds is 0. The lowest BCUT2D eigenvalue weighted by molar-refractivity contribution is -0.115. The normalized spacial score (nSPS) is 32.0. The van der Waals surface area contributed by atoms with E-state index in [-0.39, 0.29) is 17.8 Å². The molecule has 0 saturated carbocycles. The maximum absolute atomic E-state index is 12.1. The summed E-state index contributed by atoms with van der Waals surface area (Å²) < 4.78 is 11.6. The number of carbonyl (C=O) groups is 1. The summed E-state index contributed by atoms with van der Waals surface area (Å²) in [5.74, 6) is 0. The number of ether oxygens (including phenoxy) is 2. The molecule has 2 atom stereocenters. The number of nitrogens with zero attached hydrogens (tertiary/aromatic N) is 1. The van der Waals surface area contributed by atoms with Crippen molar-refractivity contribution in [1.82, 2.24) is 10.2 Å². The zero-order valence-electron chi connectivity index (χ0n) is 13.2. The van der Waals surface area contributed by atoms with Crippen LogP contribution < -0.4 is 5.32 Å². The van der Waals surface area contributed by atoms with Gasteiger partial charge in [0.05, 0.1) is 11.7 Å². The van der Waals surface area contributed by atoms with E-state index in [9.17, 15) is 4.79 Å². The van der Waals surface area contributed by atoms with Gasteiger partial charge < -0.3 is 19.7 Å². The Morgan fingerprint density at radius 3 is 2.75 bits per heavy atom. The largest absolute Gasteiger partial charge is 0.444 e. The molecule has 0 bridgehead atoms. The summed E-state index contributed by atoms with van der Waals surface area (Å²) in [4.78, 5) is 14.0. The SMILES string of the molecule is C[C@@H]1CNC[C@]2(CCCN(C(=O)OC(C)(C)C)CC2)O1. The van der Waals surface area contributed by atoms with Gasteiger partial charge in [0, 0.05) is 26.2 Å². The van der Waals surface area contributed by atoms with Crippen molar-refractivity contribution in [2.45, 2.75) is 64.3 Å². The molecule has 1 spiro atoms. The van der Waals surface area contributed by atoms with Gasteiger partial charge in [-0.15, -0.1) is 0 Å². The minimum absolute atomic E-state index is 0.103. The summed E-state index contributed by atoms with van der Waals surface area (Å²) in [6.45, 7) is 11.1. The molecule has 0 aliphatic carbocycles. The van der Waals surface area contributed by atoms with E-state index >= 15 is 0 Å². The fourth-order valence-electron chi connectivity index (χ4n) is 2.98. The Labute approximate surface area is 122 Å². The Bertz CT molecular complexity index is 354. The molecular formula is C15H28N2O3. The maximum atomic E-state index is 12.1. The van der Waals surface area contributed by atoms with Gasteiger partial charge in [-0.05, 0) is 47.0 Å². The molecule has 116 valence electrons. The minimum Gasteiger partial charge on any atom is -0.444 e. The van der Waals surface area contributed by atoms with Gasteiger partial charge in [0.15, 0.2) is 0 Å². The first-order valence-corrected chi connectivity index (χ1v) is 7.66. The molecular weight excluding hydrogens is 256 g/mol. The average Bonchev–Trinajstić information content (AvgIpc) is 2.50. The Kier molecular flexibility index (Phi) is 4.59. The predicted molar refractivity (Wildman–Crippen MR) is 77.8 cm³/mol. The molecule has 0 aromatic carbocycles. The molecule has 0 unspecified atom stereocenters. The van der Waals surface area contributed by atoms with Gasteiger partial charge in [-0.2, -0.15) is 0 Å². The first-order chi connectivity index (χ1) is 9.30. The van der Waals surface area contributed by atoms with Crippen molar-refractivity contribution in [2.24, 2.45) is 0 Å². The van der Waals surface area contributed by atoms with Gasteiger partial charge in [0.2, 0.25) is 0 Å². The molecule has 1 N–H and O–H groups in total. The predicted octanol–water partition coefficient (Wildman–Crippen LogP) is 2.15. The topological polar surface area (TPSA) is 50.8 Å². The molecule has 5 heteroatoms. The van der Waals surface area contributed by atoms with E-state index < -0.39 is 5.60 Å². The quantitative estimate of drug-likeness (QED) is 0.740. The molecule has 20 heavy (non-hydrogen) atoms. The van der Waals surface area contributed by atoms with E-state index in [0.29, 0.717) is 6.54 Å². The molecule has 2 heterocycles. The molecule has 1 amide bonds. The highest BCUT2D eigenvalue weighted by Crippen LogP contribution is 2.29. The van der Waals surface area contributed by atoms with Crippen LogP contribution in [0.3, 0.4) is 0 Å². The lowest BCUT2D eigenvalue weighted by Gasteiger charge is -2.40. The van der Waals surface area contributed by atoms with Crippen LogP contribution in [-0.4, -0.2) is 54.5 Å². The second-order valence-electron chi connectivity index (χ2n) is 7.06. The van der Waals surface area contributed by atoms with Gasteiger partial charge in [-0.25, -0.2) is 4.79 Å². The molecule has 0 aromatic heterocycles.